The maximum absolute atomic E-state index is 11.9. The Kier molecular flexibility index (Phi) is 4.92. The fourth-order valence-electron chi connectivity index (χ4n) is 1.97. The Labute approximate surface area is 112 Å². The summed E-state index contributed by atoms with van der Waals surface area (Å²) in [5.41, 5.74) is 1.23. The first-order chi connectivity index (χ1) is 9.31. The number of imidazole rings is 1. The van der Waals surface area contributed by atoms with Gasteiger partial charge in [-0.25, -0.2) is 4.79 Å². The molecule has 19 heavy (non-hydrogen) atoms. The Morgan fingerprint density at radius 3 is 2.74 bits per heavy atom. The molecule has 1 N–H and O–H groups in total. The summed E-state index contributed by atoms with van der Waals surface area (Å²) < 4.78 is 3.49. The molecule has 0 unspecified atom stereocenters. The van der Waals surface area contributed by atoms with Gasteiger partial charge in [0.15, 0.2) is 0 Å². The van der Waals surface area contributed by atoms with Crippen LogP contribution >= 0.6 is 0 Å². The number of aromatic nitrogens is 3. The molecule has 2 aromatic heterocycles. The first-order valence-corrected chi connectivity index (χ1v) is 6.66. The van der Waals surface area contributed by atoms with Crippen molar-refractivity contribution in [3.63, 3.8) is 0 Å². The highest BCUT2D eigenvalue weighted by Gasteiger charge is 2.01. The van der Waals surface area contributed by atoms with Crippen molar-refractivity contribution in [1.82, 2.24) is 19.4 Å². The van der Waals surface area contributed by atoms with Crippen LogP contribution in [-0.4, -0.2) is 20.7 Å². The molecule has 102 valence electrons. The van der Waals surface area contributed by atoms with Crippen molar-refractivity contribution < 1.29 is 0 Å². The molecule has 0 atom stereocenters. The molecule has 0 amide bonds. The highest BCUT2D eigenvalue weighted by atomic mass is 16.1. The summed E-state index contributed by atoms with van der Waals surface area (Å²) in [6.45, 7) is 5.09. The van der Waals surface area contributed by atoms with E-state index in [0.29, 0.717) is 6.54 Å². The SMILES string of the molecule is CCCn1ccn(CCNCc2cccnc2)c1=O. The van der Waals surface area contributed by atoms with E-state index in [-0.39, 0.29) is 5.69 Å². The van der Waals surface area contributed by atoms with E-state index in [9.17, 15) is 4.79 Å². The lowest BCUT2D eigenvalue weighted by atomic mass is 10.3. The Morgan fingerprint density at radius 2 is 2.05 bits per heavy atom. The van der Waals surface area contributed by atoms with E-state index in [2.05, 4.69) is 17.2 Å². The van der Waals surface area contributed by atoms with Crippen LogP contribution in [0.4, 0.5) is 0 Å². The largest absolute Gasteiger partial charge is 0.328 e. The highest BCUT2D eigenvalue weighted by molar-refractivity contribution is 5.07. The van der Waals surface area contributed by atoms with Crippen LogP contribution in [0.25, 0.3) is 0 Å². The summed E-state index contributed by atoms with van der Waals surface area (Å²) in [4.78, 5) is 16.0. The van der Waals surface area contributed by atoms with Gasteiger partial charge in [-0.3, -0.25) is 14.1 Å². The fourth-order valence-corrected chi connectivity index (χ4v) is 1.97. The third kappa shape index (κ3) is 3.79. The highest BCUT2D eigenvalue weighted by Crippen LogP contribution is 1.94. The maximum atomic E-state index is 11.9. The van der Waals surface area contributed by atoms with E-state index in [4.69, 9.17) is 0 Å². The molecule has 0 aromatic carbocycles. The molecule has 5 heteroatoms. The maximum Gasteiger partial charge on any atom is 0.328 e. The van der Waals surface area contributed by atoms with Crippen LogP contribution < -0.4 is 11.0 Å². The number of nitrogens with one attached hydrogen (secondary N) is 1. The molecule has 0 spiro atoms. The second-order valence-corrected chi connectivity index (χ2v) is 4.51. The van der Waals surface area contributed by atoms with Gasteiger partial charge in [0.2, 0.25) is 0 Å². The van der Waals surface area contributed by atoms with Crippen molar-refractivity contribution in [2.24, 2.45) is 0 Å². The normalized spacial score (nSPS) is 10.8. The van der Waals surface area contributed by atoms with E-state index < -0.39 is 0 Å². The number of hydrogen-bond donors (Lipinski definition) is 1. The average Bonchev–Trinajstić information content (AvgIpc) is 2.78. The van der Waals surface area contributed by atoms with Crippen LogP contribution in [0.2, 0.25) is 0 Å². The molecule has 2 heterocycles. The molecule has 5 nitrogen and oxygen atoms in total. The lowest BCUT2D eigenvalue weighted by Gasteiger charge is -2.05. The van der Waals surface area contributed by atoms with Crippen LogP contribution in [0.3, 0.4) is 0 Å². The van der Waals surface area contributed by atoms with Gasteiger partial charge in [0.25, 0.3) is 0 Å². The van der Waals surface area contributed by atoms with Crippen molar-refractivity contribution in [2.45, 2.75) is 33.0 Å². The van der Waals surface area contributed by atoms with E-state index in [1.165, 1.54) is 0 Å². The second kappa shape index (κ2) is 6.89. The van der Waals surface area contributed by atoms with Gasteiger partial charge < -0.3 is 5.32 Å². The number of hydrogen-bond acceptors (Lipinski definition) is 3. The lowest BCUT2D eigenvalue weighted by Crippen LogP contribution is -2.28. The molecule has 2 aromatic rings. The van der Waals surface area contributed by atoms with Gasteiger partial charge in [0.05, 0.1) is 0 Å². The molecule has 0 aliphatic rings. The fraction of sp³-hybridized carbons (Fsp3) is 0.429. The predicted octanol–water partition coefficient (Wildman–Crippen LogP) is 1.24. The van der Waals surface area contributed by atoms with Crippen LogP contribution in [0.5, 0.6) is 0 Å². The third-order valence-corrected chi connectivity index (χ3v) is 2.96. The Morgan fingerprint density at radius 1 is 1.26 bits per heavy atom. The number of pyridine rings is 1. The van der Waals surface area contributed by atoms with Gasteiger partial charge in [-0.15, -0.1) is 0 Å². The number of aryl methyl sites for hydroxylation is 1. The van der Waals surface area contributed by atoms with Crippen molar-refractivity contribution in [1.29, 1.82) is 0 Å². The minimum Gasteiger partial charge on any atom is -0.311 e. The summed E-state index contributed by atoms with van der Waals surface area (Å²) in [6, 6.07) is 3.95. The number of rotatable bonds is 7. The molecule has 0 fully saturated rings. The Bertz CT molecular complexity index is 544. The standard InChI is InChI=1S/C14H20N4O/c1-2-7-17-9-10-18(14(17)19)8-6-16-12-13-4-3-5-15-11-13/h3-5,9-11,16H,2,6-8,12H2,1H3. The first kappa shape index (κ1) is 13.5. The van der Waals surface area contributed by atoms with E-state index in [1.54, 1.807) is 15.3 Å². The van der Waals surface area contributed by atoms with E-state index >= 15 is 0 Å². The molecular formula is C14H20N4O. The second-order valence-electron chi connectivity index (χ2n) is 4.51. The Balaban J connectivity index is 1.78. The van der Waals surface area contributed by atoms with Crippen LogP contribution in [-0.2, 0) is 19.6 Å². The minimum atomic E-state index is 0.0741. The van der Waals surface area contributed by atoms with Crippen molar-refractivity contribution >= 4 is 0 Å². The smallest absolute Gasteiger partial charge is 0.311 e. The molecule has 0 saturated carbocycles. The van der Waals surface area contributed by atoms with Gasteiger partial charge in [-0.1, -0.05) is 13.0 Å². The molecule has 0 aliphatic heterocycles. The third-order valence-electron chi connectivity index (χ3n) is 2.96. The quantitative estimate of drug-likeness (QED) is 0.762. The zero-order chi connectivity index (χ0) is 13.5. The average molecular weight is 260 g/mol. The zero-order valence-electron chi connectivity index (χ0n) is 11.2. The van der Waals surface area contributed by atoms with Gasteiger partial charge in [0, 0.05) is 51.0 Å². The molecule has 0 saturated heterocycles. The van der Waals surface area contributed by atoms with Crippen molar-refractivity contribution in [3.8, 4) is 0 Å². The van der Waals surface area contributed by atoms with Crippen LogP contribution in [0.1, 0.15) is 18.9 Å². The first-order valence-electron chi connectivity index (χ1n) is 6.66. The van der Waals surface area contributed by atoms with Crippen molar-refractivity contribution in [2.75, 3.05) is 6.54 Å². The summed E-state index contributed by atoms with van der Waals surface area (Å²) in [5.74, 6) is 0. The monoisotopic (exact) mass is 260 g/mol. The Hall–Kier alpha value is -1.88. The van der Waals surface area contributed by atoms with E-state index in [1.807, 2.05) is 30.7 Å². The van der Waals surface area contributed by atoms with Crippen LogP contribution in [0.15, 0.2) is 41.7 Å². The zero-order valence-corrected chi connectivity index (χ0v) is 11.2. The molecular weight excluding hydrogens is 240 g/mol. The van der Waals surface area contributed by atoms with Gasteiger partial charge in [0.1, 0.15) is 0 Å². The minimum absolute atomic E-state index is 0.0741. The predicted molar refractivity (Wildman–Crippen MR) is 74.9 cm³/mol. The summed E-state index contributed by atoms with van der Waals surface area (Å²) in [5, 5.41) is 3.31. The molecule has 0 bridgehead atoms. The van der Waals surface area contributed by atoms with Gasteiger partial charge in [-0.2, -0.15) is 0 Å². The van der Waals surface area contributed by atoms with E-state index in [0.717, 1.165) is 31.6 Å². The lowest BCUT2D eigenvalue weighted by molar-refractivity contribution is 0.562. The van der Waals surface area contributed by atoms with Gasteiger partial charge in [-0.05, 0) is 18.1 Å². The number of nitrogens with zero attached hydrogens (tertiary/aromatic N) is 3. The van der Waals surface area contributed by atoms with Crippen LogP contribution in [0, 0.1) is 0 Å². The molecule has 0 aliphatic carbocycles. The molecule has 0 radical (unpaired) electrons. The van der Waals surface area contributed by atoms with Gasteiger partial charge >= 0.3 is 5.69 Å². The summed E-state index contributed by atoms with van der Waals surface area (Å²) >= 11 is 0. The summed E-state index contributed by atoms with van der Waals surface area (Å²) in [7, 11) is 0. The summed E-state index contributed by atoms with van der Waals surface area (Å²) in [6.07, 6.45) is 8.29. The topological polar surface area (TPSA) is 51.9 Å². The van der Waals surface area contributed by atoms with Crippen molar-refractivity contribution in [3.05, 3.63) is 53.0 Å². The molecule has 2 rings (SSSR count).